The number of anilines is 1. The molecule has 0 radical (unpaired) electrons. The molecule has 0 spiro atoms. The minimum Gasteiger partial charge on any atom is -0.478 e. The summed E-state index contributed by atoms with van der Waals surface area (Å²) in [6.07, 6.45) is 3.33. The van der Waals surface area contributed by atoms with Crippen LogP contribution in [0.15, 0.2) is 18.2 Å². The van der Waals surface area contributed by atoms with Crippen molar-refractivity contribution in [3.8, 4) is 0 Å². The normalized spacial score (nSPS) is 13.9. The second kappa shape index (κ2) is 7.17. The van der Waals surface area contributed by atoms with Crippen molar-refractivity contribution in [2.75, 3.05) is 5.32 Å². The summed E-state index contributed by atoms with van der Waals surface area (Å²) in [5, 5.41) is 12.5. The fourth-order valence-electron chi connectivity index (χ4n) is 2.11. The van der Waals surface area contributed by atoms with Crippen molar-refractivity contribution in [3.63, 3.8) is 0 Å². The van der Waals surface area contributed by atoms with Crippen LogP contribution in [0.25, 0.3) is 0 Å². The Labute approximate surface area is 116 Å². The van der Waals surface area contributed by atoms with E-state index in [0.29, 0.717) is 17.5 Å². The number of nitrogens with one attached hydrogen (secondary N) is 1. The van der Waals surface area contributed by atoms with Crippen LogP contribution >= 0.6 is 0 Å². The molecule has 0 aliphatic carbocycles. The lowest BCUT2D eigenvalue weighted by atomic mass is 9.97. The van der Waals surface area contributed by atoms with Crippen LogP contribution in [0, 0.1) is 12.8 Å². The highest BCUT2D eigenvalue weighted by atomic mass is 16.4. The molecule has 0 saturated heterocycles. The van der Waals surface area contributed by atoms with E-state index in [9.17, 15) is 4.79 Å². The fraction of sp³-hybridized carbons (Fsp3) is 0.562. The van der Waals surface area contributed by atoms with E-state index in [1.54, 1.807) is 12.1 Å². The zero-order valence-corrected chi connectivity index (χ0v) is 12.4. The Morgan fingerprint density at radius 2 is 2.00 bits per heavy atom. The van der Waals surface area contributed by atoms with Gasteiger partial charge in [0.25, 0.3) is 0 Å². The number of carbonyl (C=O) groups is 1. The van der Waals surface area contributed by atoms with Crippen molar-refractivity contribution in [1.82, 2.24) is 0 Å². The lowest BCUT2D eigenvalue weighted by Crippen LogP contribution is -2.22. The molecule has 0 amide bonds. The molecule has 1 aromatic carbocycles. The predicted octanol–water partition coefficient (Wildman–Crippen LogP) is 4.32. The number of carboxylic acid groups (broad SMARTS) is 1. The third kappa shape index (κ3) is 4.58. The Kier molecular flexibility index (Phi) is 5.87. The molecule has 0 fully saturated rings. The van der Waals surface area contributed by atoms with Crippen LogP contribution in [-0.4, -0.2) is 17.1 Å². The quantitative estimate of drug-likeness (QED) is 0.770. The number of hydrogen-bond donors (Lipinski definition) is 2. The number of carboxylic acids is 1. The molecule has 2 unspecified atom stereocenters. The van der Waals surface area contributed by atoms with Gasteiger partial charge >= 0.3 is 5.97 Å². The molecule has 3 nitrogen and oxygen atoms in total. The number of aryl methyl sites for hydroxylation is 1. The summed E-state index contributed by atoms with van der Waals surface area (Å²) in [5.74, 6) is -0.196. The SMILES string of the molecule is CCC(C)CC(CC)Nc1cc(C(=O)O)ccc1C. The first-order chi connectivity index (χ1) is 8.97. The van der Waals surface area contributed by atoms with Gasteiger partial charge in [-0.3, -0.25) is 0 Å². The lowest BCUT2D eigenvalue weighted by molar-refractivity contribution is 0.0697. The van der Waals surface area contributed by atoms with Crippen molar-refractivity contribution in [3.05, 3.63) is 29.3 Å². The largest absolute Gasteiger partial charge is 0.478 e. The number of benzene rings is 1. The van der Waals surface area contributed by atoms with E-state index < -0.39 is 5.97 Å². The molecule has 0 saturated carbocycles. The summed E-state index contributed by atoms with van der Waals surface area (Å²) in [7, 11) is 0. The summed E-state index contributed by atoms with van der Waals surface area (Å²) in [6.45, 7) is 8.62. The summed E-state index contributed by atoms with van der Waals surface area (Å²) >= 11 is 0. The number of hydrogen-bond acceptors (Lipinski definition) is 2. The van der Waals surface area contributed by atoms with Crippen molar-refractivity contribution < 1.29 is 9.90 Å². The number of rotatable bonds is 7. The van der Waals surface area contributed by atoms with E-state index in [1.807, 2.05) is 13.0 Å². The van der Waals surface area contributed by atoms with Crippen LogP contribution in [0.3, 0.4) is 0 Å². The molecule has 106 valence electrons. The molecule has 19 heavy (non-hydrogen) atoms. The van der Waals surface area contributed by atoms with Gasteiger partial charge in [-0.1, -0.05) is 33.3 Å². The zero-order chi connectivity index (χ0) is 14.4. The summed E-state index contributed by atoms with van der Waals surface area (Å²) in [5.41, 5.74) is 2.37. The van der Waals surface area contributed by atoms with E-state index in [2.05, 4.69) is 26.1 Å². The molecule has 0 heterocycles. The Hall–Kier alpha value is -1.51. The van der Waals surface area contributed by atoms with Crippen LogP contribution in [-0.2, 0) is 0 Å². The minimum atomic E-state index is -0.877. The van der Waals surface area contributed by atoms with Gasteiger partial charge in [-0.05, 0) is 43.4 Å². The Bertz CT molecular complexity index is 429. The van der Waals surface area contributed by atoms with E-state index in [4.69, 9.17) is 5.11 Å². The van der Waals surface area contributed by atoms with Crippen LogP contribution < -0.4 is 5.32 Å². The molecule has 2 N–H and O–H groups in total. The third-order valence-electron chi connectivity index (χ3n) is 3.72. The minimum absolute atomic E-state index is 0.339. The maximum Gasteiger partial charge on any atom is 0.335 e. The summed E-state index contributed by atoms with van der Waals surface area (Å²) in [4.78, 5) is 11.0. The van der Waals surface area contributed by atoms with Crippen LogP contribution in [0.2, 0.25) is 0 Å². The maximum absolute atomic E-state index is 11.0. The first-order valence-electron chi connectivity index (χ1n) is 7.08. The van der Waals surface area contributed by atoms with E-state index in [-0.39, 0.29) is 0 Å². The fourth-order valence-corrected chi connectivity index (χ4v) is 2.11. The van der Waals surface area contributed by atoms with Gasteiger partial charge in [-0.25, -0.2) is 4.79 Å². The molecule has 1 rings (SSSR count). The van der Waals surface area contributed by atoms with Gasteiger partial charge in [0.05, 0.1) is 5.56 Å². The lowest BCUT2D eigenvalue weighted by Gasteiger charge is -2.22. The summed E-state index contributed by atoms with van der Waals surface area (Å²) < 4.78 is 0. The van der Waals surface area contributed by atoms with E-state index in [0.717, 1.165) is 24.1 Å². The topological polar surface area (TPSA) is 49.3 Å². The predicted molar refractivity (Wildman–Crippen MR) is 79.9 cm³/mol. The monoisotopic (exact) mass is 263 g/mol. The van der Waals surface area contributed by atoms with Gasteiger partial charge in [-0.15, -0.1) is 0 Å². The standard InChI is InChI=1S/C16H25NO2/c1-5-11(3)9-14(6-2)17-15-10-13(16(18)19)8-7-12(15)4/h7-8,10-11,14,17H,5-6,9H2,1-4H3,(H,18,19). The second-order valence-electron chi connectivity index (χ2n) is 5.33. The zero-order valence-electron chi connectivity index (χ0n) is 12.4. The van der Waals surface area contributed by atoms with Gasteiger partial charge in [-0.2, -0.15) is 0 Å². The Morgan fingerprint density at radius 1 is 1.32 bits per heavy atom. The van der Waals surface area contributed by atoms with Gasteiger partial charge in [0.1, 0.15) is 0 Å². The van der Waals surface area contributed by atoms with Crippen LogP contribution in [0.4, 0.5) is 5.69 Å². The first kappa shape index (κ1) is 15.5. The van der Waals surface area contributed by atoms with Gasteiger partial charge in [0, 0.05) is 11.7 Å². The molecule has 2 atom stereocenters. The van der Waals surface area contributed by atoms with E-state index >= 15 is 0 Å². The van der Waals surface area contributed by atoms with Crippen molar-refractivity contribution in [2.24, 2.45) is 5.92 Å². The van der Waals surface area contributed by atoms with Crippen LogP contribution in [0.5, 0.6) is 0 Å². The second-order valence-corrected chi connectivity index (χ2v) is 5.33. The highest BCUT2D eigenvalue weighted by Gasteiger charge is 2.13. The molecule has 0 aromatic heterocycles. The smallest absolute Gasteiger partial charge is 0.335 e. The highest BCUT2D eigenvalue weighted by Crippen LogP contribution is 2.21. The molecular weight excluding hydrogens is 238 g/mol. The Morgan fingerprint density at radius 3 is 2.53 bits per heavy atom. The molecule has 1 aromatic rings. The maximum atomic E-state index is 11.0. The highest BCUT2D eigenvalue weighted by molar-refractivity contribution is 5.89. The van der Waals surface area contributed by atoms with Crippen molar-refractivity contribution in [1.29, 1.82) is 0 Å². The summed E-state index contributed by atoms with van der Waals surface area (Å²) in [6, 6.07) is 5.65. The third-order valence-corrected chi connectivity index (χ3v) is 3.72. The Balaban J connectivity index is 2.84. The van der Waals surface area contributed by atoms with Crippen molar-refractivity contribution in [2.45, 2.75) is 53.0 Å². The average Bonchev–Trinajstić information content (AvgIpc) is 2.39. The first-order valence-corrected chi connectivity index (χ1v) is 7.08. The molecule has 0 aliphatic heterocycles. The molecular formula is C16H25NO2. The number of aromatic carboxylic acids is 1. The van der Waals surface area contributed by atoms with E-state index in [1.165, 1.54) is 6.42 Å². The average molecular weight is 263 g/mol. The molecule has 0 bridgehead atoms. The molecule has 3 heteroatoms. The van der Waals surface area contributed by atoms with Crippen LogP contribution in [0.1, 0.15) is 56.0 Å². The van der Waals surface area contributed by atoms with Crippen molar-refractivity contribution >= 4 is 11.7 Å². The van der Waals surface area contributed by atoms with Gasteiger partial charge < -0.3 is 10.4 Å². The van der Waals surface area contributed by atoms with Gasteiger partial charge in [0.15, 0.2) is 0 Å². The van der Waals surface area contributed by atoms with Gasteiger partial charge in [0.2, 0.25) is 0 Å². The molecule has 0 aliphatic rings.